The lowest BCUT2D eigenvalue weighted by atomic mass is 9.84. The predicted molar refractivity (Wildman–Crippen MR) is 92.0 cm³/mol. The van der Waals surface area contributed by atoms with Crippen LogP contribution in [0.2, 0.25) is 0 Å². The molecule has 2 aliphatic rings. The third-order valence-electron chi connectivity index (χ3n) is 4.82. The van der Waals surface area contributed by atoms with Crippen LogP contribution in [0.15, 0.2) is 35.9 Å². The van der Waals surface area contributed by atoms with Crippen LogP contribution in [0.3, 0.4) is 0 Å². The first kappa shape index (κ1) is 14.5. The molecular formula is C19H28N2. The van der Waals surface area contributed by atoms with E-state index in [9.17, 15) is 0 Å². The van der Waals surface area contributed by atoms with Gasteiger partial charge in [0.25, 0.3) is 0 Å². The van der Waals surface area contributed by atoms with Crippen molar-refractivity contribution in [1.82, 2.24) is 0 Å². The fourth-order valence-electron chi connectivity index (χ4n) is 3.87. The number of nitrogens with one attached hydrogen (secondary N) is 1. The van der Waals surface area contributed by atoms with Crippen molar-refractivity contribution < 1.29 is 0 Å². The van der Waals surface area contributed by atoms with Crippen LogP contribution in [0.4, 0.5) is 11.4 Å². The van der Waals surface area contributed by atoms with Gasteiger partial charge in [-0.15, -0.1) is 0 Å². The highest BCUT2D eigenvalue weighted by atomic mass is 15.1. The van der Waals surface area contributed by atoms with Gasteiger partial charge in [0.2, 0.25) is 0 Å². The van der Waals surface area contributed by atoms with Crippen LogP contribution in [0.1, 0.15) is 39.5 Å². The van der Waals surface area contributed by atoms with E-state index < -0.39 is 0 Å². The zero-order valence-electron chi connectivity index (χ0n) is 13.4. The van der Waals surface area contributed by atoms with Crippen molar-refractivity contribution in [2.24, 2.45) is 11.8 Å². The van der Waals surface area contributed by atoms with E-state index in [4.69, 9.17) is 0 Å². The number of rotatable bonds is 4. The van der Waals surface area contributed by atoms with Gasteiger partial charge in [0.1, 0.15) is 0 Å². The van der Waals surface area contributed by atoms with Crippen molar-refractivity contribution in [2.45, 2.75) is 39.5 Å². The van der Waals surface area contributed by atoms with Gasteiger partial charge < -0.3 is 10.2 Å². The monoisotopic (exact) mass is 284 g/mol. The highest BCUT2D eigenvalue weighted by Crippen LogP contribution is 2.28. The van der Waals surface area contributed by atoms with Gasteiger partial charge in [0, 0.05) is 31.0 Å². The van der Waals surface area contributed by atoms with Crippen molar-refractivity contribution in [3.8, 4) is 0 Å². The normalized spacial score (nSPS) is 25.8. The van der Waals surface area contributed by atoms with Crippen LogP contribution in [0.25, 0.3) is 0 Å². The molecule has 0 amide bonds. The summed E-state index contributed by atoms with van der Waals surface area (Å²) in [4.78, 5) is 2.49. The molecule has 0 aromatic heterocycles. The number of anilines is 2. The van der Waals surface area contributed by atoms with Gasteiger partial charge in [0.15, 0.2) is 0 Å². The molecular weight excluding hydrogens is 256 g/mol. The SMILES string of the molecule is CC1=CC(C)CC(CNc2ccc(N3CCCC3)cc2)C1. The summed E-state index contributed by atoms with van der Waals surface area (Å²) < 4.78 is 0. The van der Waals surface area contributed by atoms with Gasteiger partial charge in [-0.1, -0.05) is 18.6 Å². The van der Waals surface area contributed by atoms with Gasteiger partial charge in [-0.25, -0.2) is 0 Å². The molecule has 2 heteroatoms. The zero-order chi connectivity index (χ0) is 14.7. The van der Waals surface area contributed by atoms with Gasteiger partial charge >= 0.3 is 0 Å². The van der Waals surface area contributed by atoms with E-state index in [2.05, 4.69) is 54.4 Å². The molecule has 114 valence electrons. The third kappa shape index (κ3) is 3.81. The van der Waals surface area contributed by atoms with E-state index in [1.165, 1.54) is 50.1 Å². The molecule has 0 bridgehead atoms. The second kappa shape index (κ2) is 6.55. The molecule has 0 spiro atoms. The summed E-state index contributed by atoms with van der Waals surface area (Å²) in [6.07, 6.45) is 7.68. The molecule has 1 aromatic rings. The first-order valence-corrected chi connectivity index (χ1v) is 8.47. The molecule has 2 nitrogen and oxygen atoms in total. The molecule has 3 rings (SSSR count). The quantitative estimate of drug-likeness (QED) is 0.807. The maximum absolute atomic E-state index is 3.63. The smallest absolute Gasteiger partial charge is 0.0367 e. The maximum Gasteiger partial charge on any atom is 0.0367 e. The van der Waals surface area contributed by atoms with Crippen molar-refractivity contribution >= 4 is 11.4 Å². The Bertz CT molecular complexity index is 483. The third-order valence-corrected chi connectivity index (χ3v) is 4.82. The topological polar surface area (TPSA) is 15.3 Å². The molecule has 1 heterocycles. The molecule has 1 N–H and O–H groups in total. The van der Waals surface area contributed by atoms with Crippen LogP contribution in [0, 0.1) is 11.8 Å². The largest absolute Gasteiger partial charge is 0.385 e. The second-order valence-electron chi connectivity index (χ2n) is 6.92. The Labute approximate surface area is 129 Å². The Hall–Kier alpha value is -1.44. The summed E-state index contributed by atoms with van der Waals surface area (Å²) in [7, 11) is 0. The number of hydrogen-bond acceptors (Lipinski definition) is 2. The van der Waals surface area contributed by atoms with E-state index >= 15 is 0 Å². The predicted octanol–water partition coefficient (Wildman–Crippen LogP) is 4.69. The molecule has 1 aliphatic carbocycles. The Morgan fingerprint density at radius 2 is 1.86 bits per heavy atom. The van der Waals surface area contributed by atoms with Crippen molar-refractivity contribution in [3.63, 3.8) is 0 Å². The van der Waals surface area contributed by atoms with Crippen LogP contribution in [-0.2, 0) is 0 Å². The molecule has 0 radical (unpaired) electrons. The second-order valence-corrected chi connectivity index (χ2v) is 6.92. The van der Waals surface area contributed by atoms with Crippen LogP contribution in [-0.4, -0.2) is 19.6 Å². The minimum absolute atomic E-state index is 0.739. The Morgan fingerprint density at radius 3 is 2.52 bits per heavy atom. The molecule has 0 saturated carbocycles. The number of hydrogen-bond donors (Lipinski definition) is 1. The van der Waals surface area contributed by atoms with Crippen molar-refractivity contribution in [2.75, 3.05) is 29.9 Å². The van der Waals surface area contributed by atoms with Crippen LogP contribution >= 0.6 is 0 Å². The highest BCUT2D eigenvalue weighted by molar-refractivity contribution is 5.55. The van der Waals surface area contributed by atoms with Crippen LogP contribution < -0.4 is 10.2 Å². The molecule has 1 saturated heterocycles. The molecule has 1 fully saturated rings. The molecule has 2 unspecified atom stereocenters. The van der Waals surface area contributed by atoms with E-state index in [1.54, 1.807) is 5.57 Å². The first-order valence-electron chi connectivity index (χ1n) is 8.47. The average Bonchev–Trinajstić information content (AvgIpc) is 2.99. The number of benzene rings is 1. The summed E-state index contributed by atoms with van der Waals surface area (Å²) in [6, 6.07) is 9.01. The highest BCUT2D eigenvalue weighted by Gasteiger charge is 2.17. The molecule has 1 aliphatic heterocycles. The Morgan fingerprint density at radius 1 is 1.14 bits per heavy atom. The van der Waals surface area contributed by atoms with E-state index in [1.807, 2.05) is 0 Å². The summed E-state index contributed by atoms with van der Waals surface area (Å²) >= 11 is 0. The molecule has 1 aromatic carbocycles. The summed E-state index contributed by atoms with van der Waals surface area (Å²) in [6.45, 7) is 8.14. The number of allylic oxidation sites excluding steroid dienone is 2. The Balaban J connectivity index is 1.52. The van der Waals surface area contributed by atoms with Crippen molar-refractivity contribution in [1.29, 1.82) is 0 Å². The fourth-order valence-corrected chi connectivity index (χ4v) is 3.87. The standard InChI is InChI=1S/C19H28N2/c1-15-11-16(2)13-17(12-15)14-20-18-5-7-19(8-6-18)21-9-3-4-10-21/h5-8,11,15,17,20H,3-4,9-10,12-14H2,1-2H3. The van der Waals surface area contributed by atoms with Gasteiger partial charge in [-0.2, -0.15) is 0 Å². The number of nitrogens with zero attached hydrogens (tertiary/aromatic N) is 1. The fraction of sp³-hybridized carbons (Fsp3) is 0.579. The van der Waals surface area contributed by atoms with E-state index in [-0.39, 0.29) is 0 Å². The van der Waals surface area contributed by atoms with E-state index in [0.29, 0.717) is 0 Å². The van der Waals surface area contributed by atoms with Crippen molar-refractivity contribution in [3.05, 3.63) is 35.9 Å². The Kier molecular flexibility index (Phi) is 4.52. The summed E-state index contributed by atoms with van der Waals surface area (Å²) in [5.41, 5.74) is 4.20. The van der Waals surface area contributed by atoms with Crippen LogP contribution in [0.5, 0.6) is 0 Å². The maximum atomic E-state index is 3.63. The first-order chi connectivity index (χ1) is 10.2. The summed E-state index contributed by atoms with van der Waals surface area (Å²) in [5, 5.41) is 3.63. The molecule has 2 atom stereocenters. The summed E-state index contributed by atoms with van der Waals surface area (Å²) in [5.74, 6) is 1.52. The lowest BCUT2D eigenvalue weighted by molar-refractivity contribution is 0.421. The lowest BCUT2D eigenvalue weighted by Crippen LogP contribution is -2.20. The minimum atomic E-state index is 0.739. The van der Waals surface area contributed by atoms with Gasteiger partial charge in [-0.3, -0.25) is 0 Å². The van der Waals surface area contributed by atoms with Gasteiger partial charge in [0.05, 0.1) is 0 Å². The average molecular weight is 284 g/mol. The zero-order valence-corrected chi connectivity index (χ0v) is 13.4. The molecule has 21 heavy (non-hydrogen) atoms. The van der Waals surface area contributed by atoms with E-state index in [0.717, 1.165) is 18.4 Å². The lowest BCUT2D eigenvalue weighted by Gasteiger charge is -2.26. The van der Waals surface area contributed by atoms with Gasteiger partial charge in [-0.05, 0) is 68.7 Å². The minimum Gasteiger partial charge on any atom is -0.385 e.